The molecule has 3 rings (SSSR count). The smallest absolute Gasteiger partial charge is 0.222 e. The first kappa shape index (κ1) is 23.8. The number of amides is 1. The zero-order valence-corrected chi connectivity index (χ0v) is 19.9. The number of fused-ring (bicyclic) bond motifs is 1. The van der Waals surface area contributed by atoms with Crippen molar-refractivity contribution in [1.29, 1.82) is 10.8 Å². The zero-order valence-electron chi connectivity index (χ0n) is 18.3. The average Bonchev–Trinajstić information content (AvgIpc) is 2.96. The molecule has 2 heterocycles. The van der Waals surface area contributed by atoms with Gasteiger partial charge in [0.15, 0.2) is 0 Å². The van der Waals surface area contributed by atoms with E-state index in [9.17, 15) is 9.59 Å². The Hall–Kier alpha value is -2.84. The van der Waals surface area contributed by atoms with Crippen molar-refractivity contribution in [3.8, 4) is 0 Å². The summed E-state index contributed by atoms with van der Waals surface area (Å²) in [5.41, 5.74) is 3.44. The van der Waals surface area contributed by atoms with Gasteiger partial charge < -0.3 is 10.1 Å². The monoisotopic (exact) mass is 471 g/mol. The third-order valence-electron chi connectivity index (χ3n) is 5.30. The summed E-state index contributed by atoms with van der Waals surface area (Å²) in [6.45, 7) is 6.05. The molecule has 0 unspecified atom stereocenters. The summed E-state index contributed by atoms with van der Waals surface area (Å²) in [4.78, 5) is 30.6. The number of hydrogen-bond donors (Lipinski definition) is 3. The number of nitrogens with zero attached hydrogens (tertiary/aromatic N) is 2. The summed E-state index contributed by atoms with van der Waals surface area (Å²) in [7, 11) is 0. The van der Waals surface area contributed by atoms with Gasteiger partial charge in [0.2, 0.25) is 5.91 Å². The maximum atomic E-state index is 12.6. The topological polar surface area (TPSA) is 109 Å². The summed E-state index contributed by atoms with van der Waals surface area (Å²) in [5.74, 6) is 0.0408. The lowest BCUT2D eigenvalue weighted by Gasteiger charge is -2.24. The van der Waals surface area contributed by atoms with E-state index in [2.05, 4.69) is 5.32 Å². The SMILES string of the molecule is CC(=N)N1C(=N)[C@H](CC(=O)NCCCC=O)N=C(c2ccc(Cl)cc2)c2c1sc(C)c2C. The van der Waals surface area contributed by atoms with Crippen LogP contribution in [0.5, 0.6) is 0 Å². The standard InChI is InChI=1S/C23H26ClN5O2S/c1-13-14(2)32-23-20(13)21(16-6-8-17(24)9-7-16)28-18(22(26)29(23)15(3)25)12-19(31)27-10-4-5-11-30/h6-9,11,18,25-26H,4-5,10,12H2,1-3H3,(H,27,31)/t18-/m0/s1. The van der Waals surface area contributed by atoms with Crippen molar-refractivity contribution < 1.29 is 9.59 Å². The highest BCUT2D eigenvalue weighted by Gasteiger charge is 2.34. The van der Waals surface area contributed by atoms with Crippen molar-refractivity contribution in [3.63, 3.8) is 0 Å². The first-order valence-electron chi connectivity index (χ1n) is 10.3. The van der Waals surface area contributed by atoms with Crippen LogP contribution in [0.1, 0.15) is 47.8 Å². The minimum Gasteiger partial charge on any atom is -0.356 e. The Morgan fingerprint density at radius 1 is 1.31 bits per heavy atom. The van der Waals surface area contributed by atoms with Gasteiger partial charge in [-0.3, -0.25) is 25.5 Å². The van der Waals surface area contributed by atoms with Crippen molar-refractivity contribution in [3.05, 3.63) is 50.9 Å². The van der Waals surface area contributed by atoms with Crippen LogP contribution in [0.4, 0.5) is 5.00 Å². The van der Waals surface area contributed by atoms with Gasteiger partial charge in [-0.15, -0.1) is 11.3 Å². The maximum absolute atomic E-state index is 12.6. The van der Waals surface area contributed by atoms with E-state index in [0.29, 0.717) is 30.1 Å². The quantitative estimate of drug-likeness (QED) is 0.239. The molecule has 168 valence electrons. The molecule has 2 aromatic rings. The fourth-order valence-electron chi connectivity index (χ4n) is 3.55. The van der Waals surface area contributed by atoms with E-state index in [4.69, 9.17) is 27.4 Å². The minimum atomic E-state index is -0.758. The summed E-state index contributed by atoms with van der Waals surface area (Å²) in [5, 5.41) is 21.4. The molecular weight excluding hydrogens is 446 g/mol. The molecule has 0 fully saturated rings. The summed E-state index contributed by atoms with van der Waals surface area (Å²) in [6, 6.07) is 6.58. The van der Waals surface area contributed by atoms with Gasteiger partial charge in [-0.25, -0.2) is 0 Å². The molecular formula is C23H26ClN5O2S. The second-order valence-electron chi connectivity index (χ2n) is 7.63. The van der Waals surface area contributed by atoms with Crippen LogP contribution in [-0.2, 0) is 9.59 Å². The first-order valence-corrected chi connectivity index (χ1v) is 11.5. The van der Waals surface area contributed by atoms with Gasteiger partial charge in [-0.2, -0.15) is 0 Å². The molecule has 0 saturated heterocycles. The van der Waals surface area contributed by atoms with Crippen LogP contribution in [-0.4, -0.2) is 42.2 Å². The van der Waals surface area contributed by atoms with Crippen molar-refractivity contribution in [2.45, 2.75) is 46.1 Å². The molecule has 7 nitrogen and oxygen atoms in total. The predicted octanol–water partition coefficient (Wildman–Crippen LogP) is 4.50. The van der Waals surface area contributed by atoms with E-state index in [0.717, 1.165) is 32.9 Å². The zero-order chi connectivity index (χ0) is 23.4. The molecule has 9 heteroatoms. The molecule has 1 atom stereocenters. The molecule has 0 spiro atoms. The number of halogens is 1. The number of thiophene rings is 1. The highest BCUT2D eigenvalue weighted by atomic mass is 35.5. The van der Waals surface area contributed by atoms with Crippen LogP contribution in [0, 0.1) is 24.7 Å². The van der Waals surface area contributed by atoms with Gasteiger partial charge in [0.05, 0.1) is 12.1 Å². The second kappa shape index (κ2) is 10.2. The number of aryl methyl sites for hydroxylation is 1. The first-order chi connectivity index (χ1) is 15.2. The van der Waals surface area contributed by atoms with E-state index in [1.165, 1.54) is 11.3 Å². The largest absolute Gasteiger partial charge is 0.356 e. The molecule has 0 bridgehead atoms. The molecule has 0 saturated carbocycles. The number of anilines is 1. The Kier molecular flexibility index (Phi) is 7.58. The number of benzene rings is 1. The van der Waals surface area contributed by atoms with E-state index >= 15 is 0 Å². The Bertz CT molecular complexity index is 1090. The summed E-state index contributed by atoms with van der Waals surface area (Å²) in [6.07, 6.45) is 1.76. The number of hydrogen-bond acceptors (Lipinski definition) is 6. The van der Waals surface area contributed by atoms with Crippen LogP contribution >= 0.6 is 22.9 Å². The van der Waals surface area contributed by atoms with Gasteiger partial charge >= 0.3 is 0 Å². The van der Waals surface area contributed by atoms with Crippen molar-refractivity contribution in [2.75, 3.05) is 11.4 Å². The number of aliphatic imine (C=N–C) groups is 1. The maximum Gasteiger partial charge on any atom is 0.222 e. The molecule has 0 aliphatic carbocycles. The van der Waals surface area contributed by atoms with Gasteiger partial charge in [-0.05, 0) is 44.9 Å². The molecule has 0 radical (unpaired) electrons. The highest BCUT2D eigenvalue weighted by Crippen LogP contribution is 2.40. The molecule has 1 aliphatic heterocycles. The number of rotatable bonds is 7. The van der Waals surface area contributed by atoms with Gasteiger partial charge in [0, 0.05) is 34.0 Å². The second-order valence-corrected chi connectivity index (χ2v) is 9.27. The van der Waals surface area contributed by atoms with Gasteiger partial charge in [0.1, 0.15) is 29.0 Å². The van der Waals surface area contributed by atoms with Crippen LogP contribution in [0.2, 0.25) is 5.02 Å². The number of aldehydes is 1. The molecule has 1 aromatic heterocycles. The molecule has 3 N–H and O–H groups in total. The molecule has 32 heavy (non-hydrogen) atoms. The fourth-order valence-corrected chi connectivity index (χ4v) is 4.90. The lowest BCUT2D eigenvalue weighted by Crippen LogP contribution is -2.42. The van der Waals surface area contributed by atoms with Crippen LogP contribution in [0.3, 0.4) is 0 Å². The van der Waals surface area contributed by atoms with Crippen LogP contribution < -0.4 is 10.2 Å². The van der Waals surface area contributed by atoms with E-state index in [-0.39, 0.29) is 24.0 Å². The number of nitrogens with one attached hydrogen (secondary N) is 3. The Labute approximate surface area is 196 Å². The molecule has 1 amide bonds. The Balaban J connectivity index is 2.07. The van der Waals surface area contributed by atoms with Crippen LogP contribution in [0.15, 0.2) is 29.3 Å². The fraction of sp³-hybridized carbons (Fsp3) is 0.348. The van der Waals surface area contributed by atoms with Crippen molar-refractivity contribution in [2.24, 2.45) is 4.99 Å². The summed E-state index contributed by atoms with van der Waals surface area (Å²) < 4.78 is 0. The molecule has 1 aromatic carbocycles. The lowest BCUT2D eigenvalue weighted by molar-refractivity contribution is -0.121. The average molecular weight is 472 g/mol. The van der Waals surface area contributed by atoms with E-state index in [1.807, 2.05) is 26.0 Å². The number of carbonyl (C=O) groups excluding carboxylic acids is 2. The number of carbonyl (C=O) groups is 2. The van der Waals surface area contributed by atoms with Crippen molar-refractivity contribution >= 4 is 57.5 Å². The third-order valence-corrected chi connectivity index (χ3v) is 6.75. The van der Waals surface area contributed by atoms with Gasteiger partial charge in [-0.1, -0.05) is 23.7 Å². The normalized spacial score (nSPS) is 15.6. The molecule has 1 aliphatic rings. The highest BCUT2D eigenvalue weighted by molar-refractivity contribution is 7.17. The van der Waals surface area contributed by atoms with E-state index < -0.39 is 6.04 Å². The summed E-state index contributed by atoms with van der Waals surface area (Å²) >= 11 is 7.61. The minimum absolute atomic E-state index is 0.0201. The van der Waals surface area contributed by atoms with Gasteiger partial charge in [0.25, 0.3) is 0 Å². The Morgan fingerprint density at radius 2 is 2.00 bits per heavy atom. The number of unbranched alkanes of at least 4 members (excludes halogenated alkanes) is 1. The van der Waals surface area contributed by atoms with E-state index in [1.54, 1.807) is 24.0 Å². The Morgan fingerprint density at radius 3 is 2.62 bits per heavy atom. The third kappa shape index (κ3) is 4.97. The number of amidine groups is 2. The lowest BCUT2D eigenvalue weighted by atomic mass is 9.99. The van der Waals surface area contributed by atoms with Crippen LogP contribution in [0.25, 0.3) is 0 Å². The van der Waals surface area contributed by atoms with Crippen molar-refractivity contribution in [1.82, 2.24) is 5.32 Å². The predicted molar refractivity (Wildman–Crippen MR) is 131 cm³/mol.